The van der Waals surface area contributed by atoms with Gasteiger partial charge in [0.05, 0.1) is 5.52 Å². The number of nitrogen functional groups attached to an aromatic ring is 1. The Balaban J connectivity index is 2.23. The molecular formula is C14H21N5O. The summed E-state index contributed by atoms with van der Waals surface area (Å²) in [6.45, 7) is 3.09. The fraction of sp³-hybridized carbons (Fsp3) is 0.429. The Morgan fingerprint density at radius 1 is 1.30 bits per heavy atom. The summed E-state index contributed by atoms with van der Waals surface area (Å²) >= 11 is 0. The molecule has 5 N–H and O–H groups in total. The number of aliphatic hydroxyl groups is 1. The van der Waals surface area contributed by atoms with Gasteiger partial charge in [-0.25, -0.2) is 10.8 Å². The molecule has 0 spiro atoms. The minimum absolute atomic E-state index is 0.209. The fourth-order valence-electron chi connectivity index (χ4n) is 2.15. The van der Waals surface area contributed by atoms with E-state index in [9.17, 15) is 0 Å². The van der Waals surface area contributed by atoms with Gasteiger partial charge in [-0.05, 0) is 24.5 Å². The van der Waals surface area contributed by atoms with Crippen molar-refractivity contribution in [1.82, 2.24) is 9.97 Å². The average Bonchev–Trinajstić information content (AvgIpc) is 2.50. The van der Waals surface area contributed by atoms with Crippen molar-refractivity contribution in [2.24, 2.45) is 11.8 Å². The second-order valence-corrected chi connectivity index (χ2v) is 4.72. The van der Waals surface area contributed by atoms with Gasteiger partial charge in [0.2, 0.25) is 5.95 Å². The number of hydrogen-bond acceptors (Lipinski definition) is 6. The maximum atomic E-state index is 9.04. The summed E-state index contributed by atoms with van der Waals surface area (Å²) in [6, 6.07) is 7.79. The molecule has 108 valence electrons. The highest BCUT2D eigenvalue weighted by Crippen LogP contribution is 2.22. The van der Waals surface area contributed by atoms with E-state index in [1.54, 1.807) is 0 Å². The number of aliphatic hydroxyl groups excluding tert-OH is 1. The van der Waals surface area contributed by atoms with Gasteiger partial charge in [-0.2, -0.15) is 4.98 Å². The van der Waals surface area contributed by atoms with Gasteiger partial charge >= 0.3 is 0 Å². The lowest BCUT2D eigenvalue weighted by Gasteiger charge is -2.16. The molecule has 0 saturated carbocycles. The lowest BCUT2D eigenvalue weighted by atomic mass is 10.0. The second-order valence-electron chi connectivity index (χ2n) is 4.72. The number of nitrogens with one attached hydrogen (secondary N) is 2. The third kappa shape index (κ3) is 3.34. The summed E-state index contributed by atoms with van der Waals surface area (Å²) in [7, 11) is 0. The Hall–Kier alpha value is -1.92. The van der Waals surface area contributed by atoms with Crippen LogP contribution < -0.4 is 16.6 Å². The number of aromatic nitrogens is 2. The monoisotopic (exact) mass is 275 g/mol. The van der Waals surface area contributed by atoms with Crippen LogP contribution in [0.2, 0.25) is 0 Å². The van der Waals surface area contributed by atoms with Gasteiger partial charge < -0.3 is 10.4 Å². The highest BCUT2D eigenvalue weighted by molar-refractivity contribution is 5.89. The normalized spacial score (nSPS) is 12.3. The van der Waals surface area contributed by atoms with Crippen LogP contribution in [0.25, 0.3) is 10.9 Å². The first-order chi connectivity index (χ1) is 9.78. The van der Waals surface area contributed by atoms with Crippen molar-refractivity contribution in [3.63, 3.8) is 0 Å². The third-order valence-electron chi connectivity index (χ3n) is 3.41. The van der Waals surface area contributed by atoms with Crippen molar-refractivity contribution in [2.75, 3.05) is 23.9 Å². The predicted octanol–water partition coefficient (Wildman–Crippen LogP) is 1.74. The van der Waals surface area contributed by atoms with Crippen molar-refractivity contribution in [2.45, 2.75) is 19.8 Å². The summed E-state index contributed by atoms with van der Waals surface area (Å²) in [6.07, 6.45) is 1.80. The average molecular weight is 275 g/mol. The van der Waals surface area contributed by atoms with Crippen molar-refractivity contribution >= 4 is 22.7 Å². The summed E-state index contributed by atoms with van der Waals surface area (Å²) in [5.74, 6) is 6.98. The summed E-state index contributed by atoms with van der Waals surface area (Å²) in [4.78, 5) is 8.68. The molecule has 1 aromatic carbocycles. The molecule has 1 atom stereocenters. The number of nitrogens with zero attached hydrogens (tertiary/aromatic N) is 2. The maximum absolute atomic E-state index is 9.04. The van der Waals surface area contributed by atoms with E-state index in [4.69, 9.17) is 10.9 Å². The van der Waals surface area contributed by atoms with Crippen molar-refractivity contribution in [3.8, 4) is 0 Å². The molecule has 20 heavy (non-hydrogen) atoms. The Morgan fingerprint density at radius 2 is 2.10 bits per heavy atom. The highest BCUT2D eigenvalue weighted by Gasteiger charge is 2.09. The lowest BCUT2D eigenvalue weighted by Crippen LogP contribution is -2.17. The van der Waals surface area contributed by atoms with Crippen molar-refractivity contribution in [1.29, 1.82) is 0 Å². The van der Waals surface area contributed by atoms with E-state index < -0.39 is 0 Å². The first-order valence-corrected chi connectivity index (χ1v) is 6.86. The van der Waals surface area contributed by atoms with Gasteiger partial charge in [0.25, 0.3) is 0 Å². The molecule has 0 aliphatic carbocycles. The predicted molar refractivity (Wildman–Crippen MR) is 81.3 cm³/mol. The van der Waals surface area contributed by atoms with E-state index in [2.05, 4.69) is 27.6 Å². The topological polar surface area (TPSA) is 96.1 Å². The molecule has 0 bridgehead atoms. The van der Waals surface area contributed by atoms with Gasteiger partial charge in [-0.15, -0.1) is 0 Å². The summed E-state index contributed by atoms with van der Waals surface area (Å²) in [5.41, 5.74) is 3.32. The number of hydrazine groups is 1. The maximum Gasteiger partial charge on any atom is 0.239 e. The standard InChI is InChI=1S/C14H21N5O/c1-2-10(7-8-20)9-16-13-11-5-3-4-6-12(11)17-14(18-13)19-15/h3-6,10,20H,2,7-9,15H2,1H3,(H2,16,17,18,19). The first-order valence-electron chi connectivity index (χ1n) is 6.86. The van der Waals surface area contributed by atoms with Crippen LogP contribution in [-0.4, -0.2) is 28.2 Å². The minimum Gasteiger partial charge on any atom is -0.396 e. The number of rotatable bonds is 7. The smallest absolute Gasteiger partial charge is 0.239 e. The molecule has 2 rings (SSSR count). The molecule has 0 fully saturated rings. The van der Waals surface area contributed by atoms with Crippen LogP contribution in [0.5, 0.6) is 0 Å². The zero-order valence-corrected chi connectivity index (χ0v) is 11.6. The Morgan fingerprint density at radius 3 is 2.80 bits per heavy atom. The number of anilines is 2. The second kappa shape index (κ2) is 7.02. The van der Waals surface area contributed by atoms with E-state index in [0.717, 1.165) is 36.1 Å². The largest absolute Gasteiger partial charge is 0.396 e. The van der Waals surface area contributed by atoms with Crippen LogP contribution in [0.1, 0.15) is 19.8 Å². The van der Waals surface area contributed by atoms with E-state index in [0.29, 0.717) is 11.9 Å². The molecule has 6 nitrogen and oxygen atoms in total. The number of hydrogen-bond donors (Lipinski definition) is 4. The molecule has 1 aromatic heterocycles. The van der Waals surface area contributed by atoms with Gasteiger partial charge in [0.1, 0.15) is 5.82 Å². The van der Waals surface area contributed by atoms with Crippen LogP contribution in [0.4, 0.5) is 11.8 Å². The van der Waals surface area contributed by atoms with E-state index in [1.165, 1.54) is 0 Å². The SMILES string of the molecule is CCC(CCO)CNc1nc(NN)nc2ccccc12. The Kier molecular flexibility index (Phi) is 5.09. The first kappa shape index (κ1) is 14.5. The molecule has 2 aromatic rings. The van der Waals surface area contributed by atoms with Gasteiger partial charge in [0.15, 0.2) is 0 Å². The van der Waals surface area contributed by atoms with Gasteiger partial charge in [-0.3, -0.25) is 5.43 Å². The van der Waals surface area contributed by atoms with E-state index in [1.807, 2.05) is 24.3 Å². The van der Waals surface area contributed by atoms with Gasteiger partial charge in [0, 0.05) is 18.5 Å². The molecular weight excluding hydrogens is 254 g/mol. The fourth-order valence-corrected chi connectivity index (χ4v) is 2.15. The molecule has 0 radical (unpaired) electrons. The van der Waals surface area contributed by atoms with Crippen LogP contribution in [0, 0.1) is 5.92 Å². The highest BCUT2D eigenvalue weighted by atomic mass is 16.3. The molecule has 6 heteroatoms. The van der Waals surface area contributed by atoms with Gasteiger partial charge in [-0.1, -0.05) is 25.5 Å². The number of benzene rings is 1. The van der Waals surface area contributed by atoms with Crippen LogP contribution in [-0.2, 0) is 0 Å². The third-order valence-corrected chi connectivity index (χ3v) is 3.41. The lowest BCUT2D eigenvalue weighted by molar-refractivity contribution is 0.258. The zero-order valence-electron chi connectivity index (χ0n) is 11.6. The minimum atomic E-state index is 0.209. The quantitative estimate of drug-likeness (QED) is 0.454. The van der Waals surface area contributed by atoms with E-state index >= 15 is 0 Å². The number of fused-ring (bicyclic) bond motifs is 1. The molecule has 0 aliphatic rings. The van der Waals surface area contributed by atoms with Crippen LogP contribution in [0.15, 0.2) is 24.3 Å². The molecule has 1 heterocycles. The molecule has 0 aliphatic heterocycles. The molecule has 1 unspecified atom stereocenters. The zero-order chi connectivity index (χ0) is 14.4. The number of para-hydroxylation sites is 1. The Bertz CT molecular complexity index is 560. The van der Waals surface area contributed by atoms with Crippen LogP contribution in [0.3, 0.4) is 0 Å². The summed E-state index contributed by atoms with van der Waals surface area (Å²) in [5, 5.41) is 13.3. The van der Waals surface area contributed by atoms with Crippen molar-refractivity contribution < 1.29 is 5.11 Å². The van der Waals surface area contributed by atoms with Crippen molar-refractivity contribution in [3.05, 3.63) is 24.3 Å². The Labute approximate surface area is 118 Å². The van der Waals surface area contributed by atoms with E-state index in [-0.39, 0.29) is 6.61 Å². The summed E-state index contributed by atoms with van der Waals surface area (Å²) < 4.78 is 0. The number of nitrogens with two attached hydrogens (primary N) is 1. The molecule has 0 amide bonds. The molecule has 0 saturated heterocycles. The van der Waals surface area contributed by atoms with Crippen LogP contribution >= 0.6 is 0 Å².